The Kier molecular flexibility index (Phi) is 4.46. The fraction of sp³-hybridized carbons (Fsp3) is 0.0909. The van der Waals surface area contributed by atoms with Gasteiger partial charge in [-0.1, -0.05) is 0 Å². The molecule has 4 N–H and O–H groups in total. The molecule has 19 heavy (non-hydrogen) atoms. The molecule has 2 aromatic heterocycles. The van der Waals surface area contributed by atoms with Crippen LogP contribution in [0.2, 0.25) is 0 Å². The molecule has 0 saturated carbocycles. The Labute approximate surface area is 121 Å². The molecule has 0 bridgehead atoms. The monoisotopic (exact) mass is 344 g/mol. The highest BCUT2D eigenvalue weighted by molar-refractivity contribution is 9.10. The zero-order chi connectivity index (χ0) is 13.8. The van der Waals surface area contributed by atoms with Crippen LogP contribution < -0.4 is 16.6 Å². The van der Waals surface area contributed by atoms with Crippen LogP contribution in [-0.4, -0.2) is 10.9 Å². The van der Waals surface area contributed by atoms with E-state index in [0.29, 0.717) is 6.54 Å². The molecule has 8 heteroatoms. The van der Waals surface area contributed by atoms with Crippen molar-refractivity contribution in [2.24, 2.45) is 5.84 Å². The van der Waals surface area contributed by atoms with E-state index in [4.69, 9.17) is 5.84 Å². The highest BCUT2D eigenvalue weighted by Crippen LogP contribution is 2.22. The number of carbonyl (C=O) groups is 1. The van der Waals surface area contributed by atoms with Crippen LogP contribution in [0.15, 0.2) is 28.2 Å². The first-order valence-corrected chi connectivity index (χ1v) is 6.92. The summed E-state index contributed by atoms with van der Waals surface area (Å²) >= 11 is 4.86. The van der Waals surface area contributed by atoms with Gasteiger partial charge in [-0.25, -0.2) is 15.2 Å². The van der Waals surface area contributed by atoms with Crippen molar-refractivity contribution in [1.29, 1.82) is 0 Å². The van der Waals surface area contributed by atoms with Gasteiger partial charge in [-0.2, -0.15) is 0 Å². The molecule has 0 radical (unpaired) electrons. The molecule has 5 nitrogen and oxygen atoms in total. The van der Waals surface area contributed by atoms with Crippen LogP contribution in [0.3, 0.4) is 0 Å². The van der Waals surface area contributed by atoms with Crippen LogP contribution in [-0.2, 0) is 6.54 Å². The first-order chi connectivity index (χ1) is 9.13. The second kappa shape index (κ2) is 6.09. The summed E-state index contributed by atoms with van der Waals surface area (Å²) in [5.74, 6) is 3.65. The summed E-state index contributed by atoms with van der Waals surface area (Å²) in [4.78, 5) is 16.5. The number of anilines is 1. The van der Waals surface area contributed by atoms with Gasteiger partial charge in [0.2, 0.25) is 0 Å². The third-order valence-electron chi connectivity index (χ3n) is 2.37. The Morgan fingerprint density at radius 1 is 1.53 bits per heavy atom. The topological polar surface area (TPSA) is 80.0 Å². The lowest BCUT2D eigenvalue weighted by atomic mass is 10.2. The molecule has 0 spiro atoms. The van der Waals surface area contributed by atoms with E-state index in [1.165, 1.54) is 23.6 Å². The number of carbonyl (C=O) groups excluding carboxylic acids is 1. The number of thiophene rings is 1. The van der Waals surface area contributed by atoms with E-state index >= 15 is 0 Å². The van der Waals surface area contributed by atoms with Crippen molar-refractivity contribution in [3.05, 3.63) is 44.4 Å². The number of hydrazine groups is 1. The molecule has 2 heterocycles. The van der Waals surface area contributed by atoms with Gasteiger partial charge in [-0.15, -0.1) is 11.3 Å². The van der Waals surface area contributed by atoms with Crippen molar-refractivity contribution in [1.82, 2.24) is 10.3 Å². The maximum atomic E-state index is 13.8. The highest BCUT2D eigenvalue weighted by atomic mass is 79.9. The van der Waals surface area contributed by atoms with Crippen molar-refractivity contribution in [3.63, 3.8) is 0 Å². The third-order valence-corrected chi connectivity index (χ3v) is 4.30. The van der Waals surface area contributed by atoms with Crippen LogP contribution in [0, 0.1) is 5.82 Å². The van der Waals surface area contributed by atoms with Crippen molar-refractivity contribution < 1.29 is 9.18 Å². The van der Waals surface area contributed by atoms with E-state index < -0.39 is 11.7 Å². The van der Waals surface area contributed by atoms with E-state index in [1.54, 1.807) is 0 Å². The summed E-state index contributed by atoms with van der Waals surface area (Å²) in [5.41, 5.74) is 2.00. The molecule has 0 aliphatic heterocycles. The minimum atomic E-state index is -0.771. The van der Waals surface area contributed by atoms with Crippen LogP contribution in [0.1, 0.15) is 15.2 Å². The van der Waals surface area contributed by atoms with Gasteiger partial charge in [0.25, 0.3) is 5.91 Å². The summed E-state index contributed by atoms with van der Waals surface area (Å²) in [6.07, 6.45) is 1.31. The zero-order valence-electron chi connectivity index (χ0n) is 9.61. The number of hydrogen-bond donors (Lipinski definition) is 3. The SMILES string of the molecule is NNc1nccc(C(=O)NCc2sccc2Br)c1F. The van der Waals surface area contributed by atoms with E-state index in [2.05, 4.69) is 31.7 Å². The summed E-state index contributed by atoms with van der Waals surface area (Å²) < 4.78 is 14.7. The van der Waals surface area contributed by atoms with Gasteiger partial charge >= 0.3 is 0 Å². The molecule has 0 fully saturated rings. The van der Waals surface area contributed by atoms with Gasteiger partial charge in [0.05, 0.1) is 12.1 Å². The molecule has 0 aliphatic carbocycles. The number of nitrogen functional groups attached to an aromatic ring is 1. The van der Waals surface area contributed by atoms with Gasteiger partial charge in [-0.3, -0.25) is 4.79 Å². The van der Waals surface area contributed by atoms with E-state index in [0.717, 1.165) is 9.35 Å². The number of rotatable bonds is 4. The molecule has 2 aromatic rings. The number of pyridine rings is 1. The predicted octanol–water partition coefficient (Wildman–Crippen LogP) is 2.26. The van der Waals surface area contributed by atoms with Gasteiger partial charge in [-0.05, 0) is 33.4 Å². The number of nitrogens with two attached hydrogens (primary N) is 1. The minimum absolute atomic E-state index is 0.101. The van der Waals surface area contributed by atoms with Gasteiger partial charge < -0.3 is 10.7 Å². The fourth-order valence-electron chi connectivity index (χ4n) is 1.43. The van der Waals surface area contributed by atoms with Crippen LogP contribution >= 0.6 is 27.3 Å². The minimum Gasteiger partial charge on any atom is -0.347 e. The molecule has 0 aliphatic rings. The second-order valence-corrected chi connectivity index (χ2v) is 5.39. The highest BCUT2D eigenvalue weighted by Gasteiger charge is 2.15. The number of nitrogens with zero attached hydrogens (tertiary/aromatic N) is 1. The molecular weight excluding hydrogens is 335 g/mol. The summed E-state index contributed by atoms with van der Waals surface area (Å²) in [6.45, 7) is 0.324. The van der Waals surface area contributed by atoms with Gasteiger partial charge in [0.15, 0.2) is 11.6 Å². The second-order valence-electron chi connectivity index (χ2n) is 3.54. The Hall–Kier alpha value is -1.51. The average Bonchev–Trinajstić information content (AvgIpc) is 2.82. The standard InChI is InChI=1S/C11H10BrFN4OS/c12-7-2-4-19-8(7)5-16-11(18)6-1-3-15-10(17-14)9(6)13/h1-4H,5,14H2,(H,15,17)(H,16,18). The lowest BCUT2D eigenvalue weighted by Gasteiger charge is -2.07. The number of nitrogens with one attached hydrogen (secondary N) is 2. The molecule has 0 atom stereocenters. The van der Waals surface area contributed by atoms with Crippen LogP contribution in [0.4, 0.5) is 10.2 Å². The molecule has 100 valence electrons. The Balaban J connectivity index is 2.10. The maximum absolute atomic E-state index is 13.8. The molecular formula is C11H10BrFN4OS. The summed E-state index contributed by atoms with van der Waals surface area (Å²) in [7, 11) is 0. The summed E-state index contributed by atoms with van der Waals surface area (Å²) in [5, 5.41) is 4.54. The first-order valence-electron chi connectivity index (χ1n) is 5.24. The molecule has 0 unspecified atom stereocenters. The molecule has 0 saturated heterocycles. The average molecular weight is 345 g/mol. The zero-order valence-corrected chi connectivity index (χ0v) is 12.0. The third kappa shape index (κ3) is 3.09. The molecule has 1 amide bonds. The van der Waals surface area contributed by atoms with Gasteiger partial charge in [0.1, 0.15) is 0 Å². The van der Waals surface area contributed by atoms with Crippen molar-refractivity contribution in [2.75, 3.05) is 5.43 Å². The Morgan fingerprint density at radius 2 is 2.32 bits per heavy atom. The van der Waals surface area contributed by atoms with E-state index in [-0.39, 0.29) is 11.4 Å². The number of aromatic nitrogens is 1. The van der Waals surface area contributed by atoms with Gasteiger partial charge in [0, 0.05) is 15.5 Å². The largest absolute Gasteiger partial charge is 0.347 e. The van der Waals surface area contributed by atoms with Crippen LogP contribution in [0.25, 0.3) is 0 Å². The lowest BCUT2D eigenvalue weighted by Crippen LogP contribution is -2.24. The van der Waals surface area contributed by atoms with E-state index in [1.807, 2.05) is 11.4 Å². The summed E-state index contributed by atoms with van der Waals surface area (Å²) in [6, 6.07) is 3.19. The molecule has 0 aromatic carbocycles. The number of amides is 1. The fourth-order valence-corrected chi connectivity index (χ4v) is 2.86. The lowest BCUT2D eigenvalue weighted by molar-refractivity contribution is 0.0947. The van der Waals surface area contributed by atoms with E-state index in [9.17, 15) is 9.18 Å². The van der Waals surface area contributed by atoms with Crippen molar-refractivity contribution in [3.8, 4) is 0 Å². The maximum Gasteiger partial charge on any atom is 0.254 e. The first kappa shape index (κ1) is 13.9. The quantitative estimate of drug-likeness (QED) is 0.587. The molecule has 2 rings (SSSR count). The van der Waals surface area contributed by atoms with Crippen molar-refractivity contribution >= 4 is 39.0 Å². The number of halogens is 2. The normalized spacial score (nSPS) is 10.3. The van der Waals surface area contributed by atoms with Crippen LogP contribution in [0.5, 0.6) is 0 Å². The smallest absolute Gasteiger partial charge is 0.254 e. The number of hydrogen-bond acceptors (Lipinski definition) is 5. The van der Waals surface area contributed by atoms with Crippen molar-refractivity contribution in [2.45, 2.75) is 6.54 Å². The predicted molar refractivity (Wildman–Crippen MR) is 75.2 cm³/mol. The Bertz CT molecular complexity index is 604. The Morgan fingerprint density at radius 3 is 2.95 bits per heavy atom.